The number of benzene rings is 2. The Morgan fingerprint density at radius 1 is 0.881 bits per heavy atom. The summed E-state index contributed by atoms with van der Waals surface area (Å²) in [6.07, 6.45) is 17.8. The van der Waals surface area contributed by atoms with Crippen molar-refractivity contribution in [1.82, 2.24) is 4.90 Å². The monoisotopic (exact) mass is 662 g/mol. The predicted molar refractivity (Wildman–Crippen MR) is 182 cm³/mol. The van der Waals surface area contributed by atoms with E-state index in [9.17, 15) is 4.79 Å². The van der Waals surface area contributed by atoms with Gasteiger partial charge in [-0.1, -0.05) is 89.7 Å². The van der Waals surface area contributed by atoms with Crippen LogP contribution in [-0.4, -0.2) is 37.0 Å². The molecule has 0 radical (unpaired) electrons. The second-order valence-corrected chi connectivity index (χ2v) is 12.0. The molecule has 0 saturated carbocycles. The molecule has 2 aromatic carbocycles. The molecule has 1 aliphatic rings. The van der Waals surface area contributed by atoms with Crippen LogP contribution in [0.15, 0.2) is 53.6 Å². The molecule has 0 saturated heterocycles. The summed E-state index contributed by atoms with van der Waals surface area (Å²) in [4.78, 5) is 16.3. The van der Waals surface area contributed by atoms with Crippen LogP contribution in [0.3, 0.4) is 0 Å². The number of ether oxygens (including phenoxy) is 3. The van der Waals surface area contributed by atoms with Gasteiger partial charge in [-0.05, 0) is 48.1 Å². The minimum Gasteiger partial charge on any atom is -0.497 e. The van der Waals surface area contributed by atoms with E-state index in [0.717, 1.165) is 36.5 Å². The van der Waals surface area contributed by atoms with Crippen molar-refractivity contribution in [3.63, 3.8) is 0 Å². The van der Waals surface area contributed by atoms with Crippen LogP contribution in [0.1, 0.15) is 96.5 Å². The topological polar surface area (TPSA) is 60.0 Å². The van der Waals surface area contributed by atoms with E-state index in [0.29, 0.717) is 23.9 Å². The summed E-state index contributed by atoms with van der Waals surface area (Å²) in [5.74, 6) is 2.60. The lowest BCUT2D eigenvalue weighted by Crippen LogP contribution is -2.20. The third kappa shape index (κ3) is 14.2. The molecule has 0 unspecified atom stereocenters. The lowest BCUT2D eigenvalue weighted by atomic mass is 10.1. The van der Waals surface area contributed by atoms with Gasteiger partial charge >= 0.3 is 0 Å². The largest absolute Gasteiger partial charge is 0.497 e. The highest BCUT2D eigenvalue weighted by molar-refractivity contribution is 8.93. The summed E-state index contributed by atoms with van der Waals surface area (Å²) in [6, 6.07) is 13.4. The average molecular weight is 664 g/mol. The Morgan fingerprint density at radius 2 is 1.57 bits per heavy atom. The van der Waals surface area contributed by atoms with E-state index in [4.69, 9.17) is 14.2 Å². The van der Waals surface area contributed by atoms with Crippen molar-refractivity contribution in [2.24, 2.45) is 0 Å². The van der Waals surface area contributed by atoms with Crippen LogP contribution in [0.4, 0.5) is 5.69 Å². The normalized spacial score (nSPS) is 12.5. The van der Waals surface area contributed by atoms with Crippen molar-refractivity contribution in [2.75, 3.05) is 31.5 Å². The van der Waals surface area contributed by atoms with E-state index < -0.39 is 0 Å². The van der Waals surface area contributed by atoms with Gasteiger partial charge in [0.25, 0.3) is 5.91 Å². The molecule has 6 nitrogen and oxygen atoms in total. The summed E-state index contributed by atoms with van der Waals surface area (Å²) < 4.78 is 17.3. The van der Waals surface area contributed by atoms with Crippen molar-refractivity contribution in [1.29, 1.82) is 0 Å². The highest BCUT2D eigenvalue weighted by Crippen LogP contribution is 2.32. The highest BCUT2D eigenvalue weighted by Gasteiger charge is 2.12. The van der Waals surface area contributed by atoms with Gasteiger partial charge in [-0.15, -0.1) is 28.7 Å². The second kappa shape index (κ2) is 21.4. The van der Waals surface area contributed by atoms with Crippen LogP contribution < -0.4 is 19.5 Å². The standard InChI is InChI=1S/C34H50N2O4S.BrH/c1-4-5-6-7-8-9-10-11-12-13-14-15-21-39-33-23-31(38-3)19-20-32(33)40-26-34(37)35-30-18-16-17-29(22-30)25-36-24-28(2)41-27-36;/h16-20,22-24H,4-15,21,25-27H2,1-3H3,(H,35,37);1H. The SMILES string of the molecule is Br.CCCCCCCCCCCCCCOc1cc(OC)ccc1OCC(=O)Nc1cccc(CN2C=C(C)SC2)c1. The van der Waals surface area contributed by atoms with Crippen molar-refractivity contribution in [2.45, 2.75) is 97.4 Å². The zero-order valence-corrected chi connectivity index (χ0v) is 28.4. The third-order valence-electron chi connectivity index (χ3n) is 7.18. The van der Waals surface area contributed by atoms with E-state index in [-0.39, 0.29) is 29.5 Å². The second-order valence-electron chi connectivity index (χ2n) is 10.8. The number of nitrogens with one attached hydrogen (secondary N) is 1. The van der Waals surface area contributed by atoms with Crippen molar-refractivity contribution in [3.8, 4) is 17.2 Å². The van der Waals surface area contributed by atoms with Crippen LogP contribution >= 0.6 is 28.7 Å². The van der Waals surface area contributed by atoms with E-state index >= 15 is 0 Å². The molecule has 0 fully saturated rings. The number of allylic oxidation sites excluding steroid dienone is 1. The number of carbonyl (C=O) groups is 1. The first kappa shape index (κ1) is 35.9. The van der Waals surface area contributed by atoms with E-state index in [2.05, 4.69) is 36.3 Å². The number of amides is 1. The lowest BCUT2D eigenvalue weighted by molar-refractivity contribution is -0.118. The first-order valence-corrected chi connectivity index (χ1v) is 16.4. The van der Waals surface area contributed by atoms with Crippen LogP contribution in [0.5, 0.6) is 17.2 Å². The van der Waals surface area contributed by atoms with Gasteiger partial charge in [0.2, 0.25) is 0 Å². The molecule has 0 aliphatic carbocycles. The van der Waals surface area contributed by atoms with Crippen LogP contribution in [0, 0.1) is 0 Å². The van der Waals surface area contributed by atoms with Gasteiger partial charge < -0.3 is 24.4 Å². The smallest absolute Gasteiger partial charge is 0.262 e. The number of hydrogen-bond donors (Lipinski definition) is 1. The van der Waals surface area contributed by atoms with Gasteiger partial charge in [0.05, 0.1) is 19.6 Å². The van der Waals surface area contributed by atoms with Crippen LogP contribution in [0.2, 0.25) is 0 Å². The Kier molecular flexibility index (Phi) is 18.3. The maximum Gasteiger partial charge on any atom is 0.262 e. The Hall–Kier alpha value is -2.32. The van der Waals surface area contributed by atoms with Gasteiger partial charge in [0, 0.05) is 24.5 Å². The van der Waals surface area contributed by atoms with Crippen molar-refractivity contribution in [3.05, 3.63) is 59.1 Å². The zero-order valence-electron chi connectivity index (χ0n) is 25.8. The molecule has 1 amide bonds. The summed E-state index contributed by atoms with van der Waals surface area (Å²) in [6.45, 7) is 5.72. The van der Waals surface area contributed by atoms with Gasteiger partial charge in [0.1, 0.15) is 5.75 Å². The number of nitrogens with zero attached hydrogens (tertiary/aromatic N) is 1. The number of hydrogen-bond acceptors (Lipinski definition) is 6. The number of halogens is 1. The Morgan fingerprint density at radius 3 is 2.21 bits per heavy atom. The Balaban J connectivity index is 0.00000616. The molecule has 3 rings (SSSR count). The highest BCUT2D eigenvalue weighted by atomic mass is 79.9. The predicted octanol–water partition coefficient (Wildman–Crippen LogP) is 9.74. The molecule has 1 aliphatic heterocycles. The molecular weight excluding hydrogens is 612 g/mol. The third-order valence-corrected chi connectivity index (χ3v) is 8.21. The average Bonchev–Trinajstić information content (AvgIpc) is 3.38. The Bertz CT molecular complexity index is 1080. The molecule has 2 aromatic rings. The fourth-order valence-corrected chi connectivity index (χ4v) is 5.66. The maximum absolute atomic E-state index is 12.7. The molecule has 42 heavy (non-hydrogen) atoms. The molecule has 0 atom stereocenters. The summed E-state index contributed by atoms with van der Waals surface area (Å²) in [5.41, 5.74) is 1.92. The Labute approximate surface area is 268 Å². The van der Waals surface area contributed by atoms with E-state index in [1.807, 2.05) is 42.1 Å². The van der Waals surface area contributed by atoms with Gasteiger partial charge in [-0.25, -0.2) is 0 Å². The molecule has 0 aromatic heterocycles. The molecule has 234 valence electrons. The molecule has 0 bridgehead atoms. The van der Waals surface area contributed by atoms with E-state index in [1.165, 1.54) is 69.1 Å². The number of unbranched alkanes of at least 4 members (excludes halogenated alkanes) is 11. The van der Waals surface area contributed by atoms with Gasteiger partial charge in [-0.2, -0.15) is 0 Å². The molecule has 8 heteroatoms. The maximum atomic E-state index is 12.7. The van der Waals surface area contributed by atoms with Gasteiger partial charge in [-0.3, -0.25) is 4.79 Å². The minimum atomic E-state index is -0.211. The fourth-order valence-electron chi connectivity index (χ4n) is 4.90. The number of rotatable bonds is 21. The summed E-state index contributed by atoms with van der Waals surface area (Å²) in [7, 11) is 1.63. The number of thioether (sulfide) groups is 1. The summed E-state index contributed by atoms with van der Waals surface area (Å²) >= 11 is 1.84. The molecule has 1 heterocycles. The van der Waals surface area contributed by atoms with Crippen LogP contribution in [0.25, 0.3) is 0 Å². The van der Waals surface area contributed by atoms with Crippen molar-refractivity contribution < 1.29 is 19.0 Å². The minimum absolute atomic E-state index is 0. The quantitative estimate of drug-likeness (QED) is 0.134. The lowest BCUT2D eigenvalue weighted by Gasteiger charge is -2.16. The number of carbonyl (C=O) groups excluding carboxylic acids is 1. The van der Waals surface area contributed by atoms with Crippen molar-refractivity contribution >= 4 is 40.3 Å². The molecule has 0 spiro atoms. The first-order valence-electron chi connectivity index (χ1n) is 15.4. The number of methoxy groups -OCH3 is 1. The van der Waals surface area contributed by atoms with Crippen LogP contribution in [-0.2, 0) is 11.3 Å². The molecular formula is C34H51BrN2O4S. The summed E-state index contributed by atoms with van der Waals surface area (Å²) in [5, 5.41) is 2.96. The van der Waals surface area contributed by atoms with Gasteiger partial charge in [0.15, 0.2) is 18.1 Å². The van der Waals surface area contributed by atoms with E-state index in [1.54, 1.807) is 13.2 Å². The molecule has 1 N–H and O–H groups in total. The first-order chi connectivity index (χ1) is 20.1. The fraction of sp³-hybridized carbons (Fsp3) is 0.559. The number of anilines is 1. The zero-order chi connectivity index (χ0) is 29.1.